The minimum atomic E-state index is 1.13. The summed E-state index contributed by atoms with van der Waals surface area (Å²) < 4.78 is 0. The molecule has 0 saturated carbocycles. The number of hydrogen-bond acceptors (Lipinski definition) is 1. The summed E-state index contributed by atoms with van der Waals surface area (Å²) >= 11 is 0. The number of fused-ring (bicyclic) bond motifs is 4. The molecule has 0 amide bonds. The Labute approximate surface area is 233 Å². The summed E-state index contributed by atoms with van der Waals surface area (Å²) in [6, 6.07) is 50.7. The number of rotatable bonds is 3. The average Bonchev–Trinajstić information content (AvgIpc) is 3.03. The summed E-state index contributed by atoms with van der Waals surface area (Å²) in [4.78, 5) is 4.39. The summed E-state index contributed by atoms with van der Waals surface area (Å²) in [5.74, 6) is 0. The monoisotopic (exact) mass is 507 g/mol. The van der Waals surface area contributed by atoms with Crippen molar-refractivity contribution in [2.45, 2.75) is 0 Å². The predicted molar refractivity (Wildman–Crippen MR) is 171 cm³/mol. The van der Waals surface area contributed by atoms with Gasteiger partial charge in [0, 0.05) is 18.0 Å². The van der Waals surface area contributed by atoms with Crippen LogP contribution in [0.4, 0.5) is 0 Å². The van der Waals surface area contributed by atoms with E-state index in [1.165, 1.54) is 70.9 Å². The highest BCUT2D eigenvalue weighted by Gasteiger charge is 2.19. The summed E-state index contributed by atoms with van der Waals surface area (Å²) in [5, 5.41) is 10.1. The molecule has 8 rings (SSSR count). The van der Waals surface area contributed by atoms with Gasteiger partial charge in [-0.05, 0) is 83.0 Å². The van der Waals surface area contributed by atoms with Gasteiger partial charge in [0.15, 0.2) is 0 Å². The Balaban J connectivity index is 1.48. The maximum atomic E-state index is 4.39. The molecule has 0 saturated heterocycles. The first-order valence-electron chi connectivity index (χ1n) is 13.7. The van der Waals surface area contributed by atoms with Gasteiger partial charge < -0.3 is 0 Å². The molecule has 1 aromatic heterocycles. The van der Waals surface area contributed by atoms with E-state index in [0.717, 1.165) is 5.56 Å². The lowest BCUT2D eigenvalue weighted by Crippen LogP contribution is -1.92. The molecule has 1 nitrogen and oxygen atoms in total. The van der Waals surface area contributed by atoms with Crippen molar-refractivity contribution in [3.05, 3.63) is 152 Å². The van der Waals surface area contributed by atoms with Crippen LogP contribution in [0.2, 0.25) is 0 Å². The summed E-state index contributed by atoms with van der Waals surface area (Å²) in [6.07, 6.45) is 3.78. The zero-order valence-electron chi connectivity index (χ0n) is 21.9. The minimum absolute atomic E-state index is 1.13. The molecule has 0 aliphatic carbocycles. The lowest BCUT2D eigenvalue weighted by molar-refractivity contribution is 1.33. The molecule has 0 radical (unpaired) electrons. The highest BCUT2D eigenvalue weighted by molar-refractivity contribution is 6.24. The molecule has 8 aromatic rings. The van der Waals surface area contributed by atoms with Crippen LogP contribution in [0.15, 0.2) is 152 Å². The number of hydrogen-bond donors (Lipinski definition) is 0. The van der Waals surface area contributed by atoms with E-state index in [0.29, 0.717) is 0 Å². The first-order chi connectivity index (χ1) is 19.9. The van der Waals surface area contributed by atoms with Gasteiger partial charge in [0.25, 0.3) is 0 Å². The molecule has 1 heteroatoms. The van der Waals surface area contributed by atoms with Crippen molar-refractivity contribution < 1.29 is 0 Å². The van der Waals surface area contributed by atoms with Gasteiger partial charge in [0.2, 0.25) is 0 Å². The summed E-state index contributed by atoms with van der Waals surface area (Å²) in [7, 11) is 0. The maximum absolute atomic E-state index is 4.39. The van der Waals surface area contributed by atoms with Crippen LogP contribution in [0.5, 0.6) is 0 Å². The van der Waals surface area contributed by atoms with E-state index in [1.807, 2.05) is 18.5 Å². The van der Waals surface area contributed by atoms with Crippen LogP contribution in [0.1, 0.15) is 0 Å². The van der Waals surface area contributed by atoms with Crippen LogP contribution in [0, 0.1) is 0 Å². The first kappa shape index (κ1) is 22.7. The summed E-state index contributed by atoms with van der Waals surface area (Å²) in [5.41, 5.74) is 7.40. The second kappa shape index (κ2) is 9.18. The largest absolute Gasteiger partial charge is 0.264 e. The molecule has 0 N–H and O–H groups in total. The second-order valence-electron chi connectivity index (χ2n) is 10.4. The SMILES string of the molecule is c1cncc(-c2ccc(-c3c4ccccc4c(-c4ccc5ccccc5c4)c4ccccc34)c3ccccc23)c1. The lowest BCUT2D eigenvalue weighted by atomic mass is 9.83. The van der Waals surface area contributed by atoms with Gasteiger partial charge in [-0.15, -0.1) is 0 Å². The normalized spacial score (nSPS) is 11.5. The van der Waals surface area contributed by atoms with Crippen molar-refractivity contribution in [3.8, 4) is 33.4 Å². The Morgan fingerprint density at radius 2 is 0.900 bits per heavy atom. The molecule has 186 valence electrons. The highest BCUT2D eigenvalue weighted by Crippen LogP contribution is 2.46. The van der Waals surface area contributed by atoms with Crippen LogP contribution in [0.3, 0.4) is 0 Å². The van der Waals surface area contributed by atoms with Gasteiger partial charge in [0.05, 0.1) is 0 Å². The molecule has 40 heavy (non-hydrogen) atoms. The van der Waals surface area contributed by atoms with Gasteiger partial charge in [-0.3, -0.25) is 4.98 Å². The van der Waals surface area contributed by atoms with Gasteiger partial charge in [-0.1, -0.05) is 127 Å². The van der Waals surface area contributed by atoms with Crippen molar-refractivity contribution in [1.82, 2.24) is 4.98 Å². The molecule has 0 aliphatic heterocycles. The van der Waals surface area contributed by atoms with Crippen LogP contribution >= 0.6 is 0 Å². The number of pyridine rings is 1. The summed E-state index contributed by atoms with van der Waals surface area (Å²) in [6.45, 7) is 0. The van der Waals surface area contributed by atoms with E-state index in [-0.39, 0.29) is 0 Å². The Morgan fingerprint density at radius 1 is 0.350 bits per heavy atom. The van der Waals surface area contributed by atoms with Gasteiger partial charge in [-0.2, -0.15) is 0 Å². The van der Waals surface area contributed by atoms with Crippen molar-refractivity contribution in [2.75, 3.05) is 0 Å². The van der Waals surface area contributed by atoms with E-state index >= 15 is 0 Å². The van der Waals surface area contributed by atoms with Crippen LogP contribution in [0.25, 0.3) is 76.5 Å². The predicted octanol–water partition coefficient (Wildman–Crippen LogP) is 10.7. The quantitative estimate of drug-likeness (QED) is 0.217. The molecular formula is C39H25N. The molecule has 0 bridgehead atoms. The number of benzene rings is 7. The van der Waals surface area contributed by atoms with Crippen LogP contribution < -0.4 is 0 Å². The van der Waals surface area contributed by atoms with E-state index < -0.39 is 0 Å². The first-order valence-corrected chi connectivity index (χ1v) is 13.7. The Morgan fingerprint density at radius 3 is 1.55 bits per heavy atom. The van der Waals surface area contributed by atoms with Gasteiger partial charge in [-0.25, -0.2) is 0 Å². The highest BCUT2D eigenvalue weighted by atomic mass is 14.6. The smallest absolute Gasteiger partial charge is 0.0346 e. The fourth-order valence-corrected chi connectivity index (χ4v) is 6.37. The minimum Gasteiger partial charge on any atom is -0.264 e. The van der Waals surface area contributed by atoms with Gasteiger partial charge >= 0.3 is 0 Å². The zero-order chi connectivity index (χ0) is 26.5. The third-order valence-electron chi connectivity index (χ3n) is 8.14. The second-order valence-corrected chi connectivity index (χ2v) is 10.4. The number of aromatic nitrogens is 1. The molecule has 0 aliphatic rings. The third-order valence-corrected chi connectivity index (χ3v) is 8.14. The topological polar surface area (TPSA) is 12.9 Å². The zero-order valence-corrected chi connectivity index (χ0v) is 21.9. The van der Waals surface area contributed by atoms with Crippen molar-refractivity contribution in [1.29, 1.82) is 0 Å². The van der Waals surface area contributed by atoms with Crippen molar-refractivity contribution in [2.24, 2.45) is 0 Å². The van der Waals surface area contributed by atoms with E-state index in [9.17, 15) is 0 Å². The van der Waals surface area contributed by atoms with E-state index in [1.54, 1.807) is 0 Å². The average molecular weight is 508 g/mol. The van der Waals surface area contributed by atoms with Crippen molar-refractivity contribution >= 4 is 43.1 Å². The molecule has 0 fully saturated rings. The number of nitrogens with zero attached hydrogens (tertiary/aromatic N) is 1. The van der Waals surface area contributed by atoms with E-state index in [2.05, 4.69) is 138 Å². The molecule has 1 heterocycles. The van der Waals surface area contributed by atoms with E-state index in [4.69, 9.17) is 0 Å². The third kappa shape index (κ3) is 3.52. The maximum Gasteiger partial charge on any atom is 0.0346 e. The fraction of sp³-hybridized carbons (Fsp3) is 0. The van der Waals surface area contributed by atoms with Crippen LogP contribution in [-0.2, 0) is 0 Å². The van der Waals surface area contributed by atoms with Crippen LogP contribution in [-0.4, -0.2) is 4.98 Å². The molecule has 0 unspecified atom stereocenters. The van der Waals surface area contributed by atoms with Crippen molar-refractivity contribution in [3.63, 3.8) is 0 Å². The molecule has 0 spiro atoms. The Bertz CT molecular complexity index is 2150. The molecule has 0 atom stereocenters. The van der Waals surface area contributed by atoms with Gasteiger partial charge in [0.1, 0.15) is 0 Å². The standard InChI is InChI=1S/C39H25N/c1-2-11-27-24-28(20-19-26(27)10-1)38-33-15-5-7-17-35(33)39(36-18-8-6-16-34(36)38)37-22-21-30(29-12-9-23-40-25-29)31-13-3-4-14-32(31)37/h1-25H. The lowest BCUT2D eigenvalue weighted by Gasteiger charge is -2.20. The Hall–Kier alpha value is -5.27. The fourth-order valence-electron chi connectivity index (χ4n) is 6.37. The molecule has 7 aromatic carbocycles. The Kier molecular flexibility index (Phi) is 5.21. The molecular weight excluding hydrogens is 482 g/mol.